The van der Waals surface area contributed by atoms with Crippen molar-refractivity contribution in [3.63, 3.8) is 0 Å². The van der Waals surface area contributed by atoms with Crippen molar-refractivity contribution in [1.82, 2.24) is 20.8 Å². The second-order valence-electron chi connectivity index (χ2n) is 3.82. The van der Waals surface area contributed by atoms with Gasteiger partial charge in [-0.3, -0.25) is 4.79 Å². The van der Waals surface area contributed by atoms with Crippen LogP contribution in [0.5, 0.6) is 0 Å². The van der Waals surface area contributed by atoms with E-state index in [9.17, 15) is 4.79 Å². The summed E-state index contributed by atoms with van der Waals surface area (Å²) >= 11 is 0. The predicted molar refractivity (Wildman–Crippen MR) is 57.6 cm³/mol. The van der Waals surface area contributed by atoms with Gasteiger partial charge in [0.15, 0.2) is 0 Å². The molecule has 5 heteroatoms. The summed E-state index contributed by atoms with van der Waals surface area (Å²) in [6, 6.07) is 3.99. The molecule has 1 aliphatic rings. The molecular weight excluding hydrogens is 192 g/mol. The van der Waals surface area contributed by atoms with Crippen LogP contribution in [0.15, 0.2) is 16.9 Å². The molecule has 82 valence electrons. The molecule has 0 aliphatic heterocycles. The van der Waals surface area contributed by atoms with Crippen LogP contribution in [0.1, 0.15) is 18.5 Å². The zero-order valence-electron chi connectivity index (χ0n) is 8.62. The van der Waals surface area contributed by atoms with Gasteiger partial charge in [-0.05, 0) is 18.9 Å². The molecule has 3 N–H and O–H groups in total. The SMILES string of the molecule is O=c1ccc(CNCCNC2CC2)n[nH]1. The Morgan fingerprint density at radius 1 is 1.40 bits per heavy atom. The molecule has 0 amide bonds. The summed E-state index contributed by atoms with van der Waals surface area (Å²) in [5, 5.41) is 13.0. The van der Waals surface area contributed by atoms with E-state index in [1.54, 1.807) is 6.07 Å². The van der Waals surface area contributed by atoms with Crippen molar-refractivity contribution in [2.45, 2.75) is 25.4 Å². The van der Waals surface area contributed by atoms with Gasteiger partial charge in [0, 0.05) is 31.7 Å². The summed E-state index contributed by atoms with van der Waals surface area (Å²) in [6.07, 6.45) is 2.64. The Bertz CT molecular complexity index is 338. The van der Waals surface area contributed by atoms with Crippen molar-refractivity contribution < 1.29 is 0 Å². The lowest BCUT2D eigenvalue weighted by atomic mass is 10.4. The third-order valence-electron chi connectivity index (χ3n) is 2.36. The smallest absolute Gasteiger partial charge is 0.264 e. The van der Waals surface area contributed by atoms with Crippen LogP contribution in [0, 0.1) is 0 Å². The highest BCUT2D eigenvalue weighted by atomic mass is 16.1. The predicted octanol–water partition coefficient (Wildman–Crippen LogP) is -0.388. The Hall–Kier alpha value is -1.20. The minimum absolute atomic E-state index is 0.158. The largest absolute Gasteiger partial charge is 0.313 e. The monoisotopic (exact) mass is 208 g/mol. The second kappa shape index (κ2) is 5.04. The molecule has 1 fully saturated rings. The fraction of sp³-hybridized carbons (Fsp3) is 0.600. The summed E-state index contributed by atoms with van der Waals surface area (Å²) < 4.78 is 0. The Balaban J connectivity index is 1.60. The normalized spacial score (nSPS) is 15.5. The fourth-order valence-corrected chi connectivity index (χ4v) is 1.34. The Kier molecular flexibility index (Phi) is 3.47. The first kappa shape index (κ1) is 10.3. The van der Waals surface area contributed by atoms with Crippen molar-refractivity contribution in [1.29, 1.82) is 0 Å². The molecule has 0 saturated heterocycles. The molecule has 0 radical (unpaired) electrons. The van der Waals surface area contributed by atoms with Gasteiger partial charge in [0.05, 0.1) is 5.69 Å². The van der Waals surface area contributed by atoms with Crippen LogP contribution >= 0.6 is 0 Å². The zero-order chi connectivity index (χ0) is 10.5. The molecule has 1 heterocycles. The van der Waals surface area contributed by atoms with E-state index in [2.05, 4.69) is 20.8 Å². The highest BCUT2D eigenvalue weighted by Gasteiger charge is 2.19. The molecule has 15 heavy (non-hydrogen) atoms. The quantitative estimate of drug-likeness (QED) is 0.557. The van der Waals surface area contributed by atoms with Gasteiger partial charge in [0.2, 0.25) is 0 Å². The minimum Gasteiger partial charge on any atom is -0.313 e. The van der Waals surface area contributed by atoms with Gasteiger partial charge in [0.25, 0.3) is 5.56 Å². The standard InChI is InChI=1S/C10H16N4O/c15-10-4-3-9(13-14-10)7-11-5-6-12-8-1-2-8/h3-4,8,11-12H,1-2,5-7H2,(H,14,15). The summed E-state index contributed by atoms with van der Waals surface area (Å²) in [5.41, 5.74) is 0.704. The molecule has 0 aromatic carbocycles. The second-order valence-corrected chi connectivity index (χ2v) is 3.82. The highest BCUT2D eigenvalue weighted by molar-refractivity contribution is 4.98. The van der Waals surface area contributed by atoms with Crippen LogP contribution in [0.3, 0.4) is 0 Å². The third kappa shape index (κ3) is 3.81. The lowest BCUT2D eigenvalue weighted by Gasteiger charge is -2.04. The first-order valence-corrected chi connectivity index (χ1v) is 5.33. The van der Waals surface area contributed by atoms with Crippen LogP contribution < -0.4 is 16.2 Å². The van der Waals surface area contributed by atoms with E-state index in [0.717, 1.165) is 24.8 Å². The summed E-state index contributed by atoms with van der Waals surface area (Å²) in [4.78, 5) is 10.7. The fourth-order valence-electron chi connectivity index (χ4n) is 1.34. The molecule has 1 aromatic rings. The van der Waals surface area contributed by atoms with E-state index in [4.69, 9.17) is 0 Å². The topological polar surface area (TPSA) is 69.8 Å². The maximum Gasteiger partial charge on any atom is 0.264 e. The number of nitrogens with one attached hydrogen (secondary N) is 3. The maximum absolute atomic E-state index is 10.7. The molecular formula is C10H16N4O. The van der Waals surface area contributed by atoms with E-state index in [0.29, 0.717) is 6.54 Å². The number of aromatic amines is 1. The lowest BCUT2D eigenvalue weighted by Crippen LogP contribution is -2.28. The zero-order valence-corrected chi connectivity index (χ0v) is 8.62. The Morgan fingerprint density at radius 3 is 2.93 bits per heavy atom. The van der Waals surface area contributed by atoms with Crippen LogP contribution in [-0.4, -0.2) is 29.3 Å². The van der Waals surface area contributed by atoms with Crippen molar-refractivity contribution in [2.24, 2.45) is 0 Å². The van der Waals surface area contributed by atoms with Crippen molar-refractivity contribution in [2.75, 3.05) is 13.1 Å². The molecule has 0 spiro atoms. The summed E-state index contributed by atoms with van der Waals surface area (Å²) in [7, 11) is 0. The number of hydrogen-bond donors (Lipinski definition) is 3. The molecule has 2 rings (SSSR count). The van der Waals surface area contributed by atoms with E-state index >= 15 is 0 Å². The van der Waals surface area contributed by atoms with Gasteiger partial charge in [-0.1, -0.05) is 0 Å². The van der Waals surface area contributed by atoms with Gasteiger partial charge in [-0.25, -0.2) is 5.10 Å². The summed E-state index contributed by atoms with van der Waals surface area (Å²) in [5.74, 6) is 0. The molecule has 1 aliphatic carbocycles. The molecule has 0 unspecified atom stereocenters. The van der Waals surface area contributed by atoms with Gasteiger partial charge in [-0.2, -0.15) is 5.10 Å². The number of H-pyrrole nitrogens is 1. The first-order chi connectivity index (χ1) is 7.34. The molecule has 0 atom stereocenters. The van der Waals surface area contributed by atoms with E-state index in [-0.39, 0.29) is 5.56 Å². The van der Waals surface area contributed by atoms with Crippen LogP contribution in [0.2, 0.25) is 0 Å². The van der Waals surface area contributed by atoms with Crippen LogP contribution in [0.25, 0.3) is 0 Å². The van der Waals surface area contributed by atoms with Gasteiger partial charge in [-0.15, -0.1) is 0 Å². The molecule has 5 nitrogen and oxygen atoms in total. The molecule has 1 aromatic heterocycles. The van der Waals surface area contributed by atoms with E-state index in [1.807, 2.05) is 0 Å². The number of hydrogen-bond acceptors (Lipinski definition) is 4. The van der Waals surface area contributed by atoms with Crippen LogP contribution in [-0.2, 0) is 6.54 Å². The average Bonchev–Trinajstić information content (AvgIpc) is 3.04. The van der Waals surface area contributed by atoms with E-state index < -0.39 is 0 Å². The highest BCUT2D eigenvalue weighted by Crippen LogP contribution is 2.17. The third-order valence-corrected chi connectivity index (χ3v) is 2.36. The van der Waals surface area contributed by atoms with Crippen LogP contribution in [0.4, 0.5) is 0 Å². The molecule has 1 saturated carbocycles. The lowest BCUT2D eigenvalue weighted by molar-refractivity contribution is 0.600. The summed E-state index contributed by atoms with van der Waals surface area (Å²) in [6.45, 7) is 2.62. The first-order valence-electron chi connectivity index (χ1n) is 5.33. The average molecular weight is 208 g/mol. The van der Waals surface area contributed by atoms with Crippen molar-refractivity contribution in [3.8, 4) is 0 Å². The Labute approximate surface area is 88.3 Å². The number of aromatic nitrogens is 2. The van der Waals surface area contributed by atoms with Crippen molar-refractivity contribution >= 4 is 0 Å². The van der Waals surface area contributed by atoms with Gasteiger partial charge < -0.3 is 10.6 Å². The van der Waals surface area contributed by atoms with Gasteiger partial charge >= 0.3 is 0 Å². The van der Waals surface area contributed by atoms with E-state index in [1.165, 1.54) is 18.9 Å². The number of nitrogens with zero attached hydrogens (tertiary/aromatic N) is 1. The number of rotatable bonds is 6. The van der Waals surface area contributed by atoms with Gasteiger partial charge in [0.1, 0.15) is 0 Å². The van der Waals surface area contributed by atoms with Crippen molar-refractivity contribution in [3.05, 3.63) is 28.2 Å². The maximum atomic E-state index is 10.7. The Morgan fingerprint density at radius 2 is 2.27 bits per heavy atom. The minimum atomic E-state index is -0.158. The molecule has 0 bridgehead atoms.